The fourth-order valence-electron chi connectivity index (χ4n) is 2.29. The van der Waals surface area contributed by atoms with Crippen LogP contribution in [0.5, 0.6) is 0 Å². The minimum Gasteiger partial charge on any atom is -0.334 e. The number of carbonyl (C=O) groups excluding carboxylic acids is 3. The van der Waals surface area contributed by atoms with E-state index in [4.69, 9.17) is 11.6 Å². The molecular formula is C19H21ClN4O3. The number of imide groups is 1. The van der Waals surface area contributed by atoms with Gasteiger partial charge in [-0.1, -0.05) is 54.1 Å². The molecule has 0 saturated carbocycles. The third-order valence-corrected chi connectivity index (χ3v) is 3.85. The molecule has 0 spiro atoms. The number of carbonyl (C=O) groups is 3. The van der Waals surface area contributed by atoms with Gasteiger partial charge in [-0.15, -0.1) is 0 Å². The van der Waals surface area contributed by atoms with Crippen LogP contribution in [-0.4, -0.2) is 42.9 Å². The lowest BCUT2D eigenvalue weighted by Gasteiger charge is -2.16. The van der Waals surface area contributed by atoms with Crippen molar-refractivity contribution in [2.45, 2.75) is 6.54 Å². The van der Waals surface area contributed by atoms with Crippen LogP contribution in [0.4, 0.5) is 10.5 Å². The van der Waals surface area contributed by atoms with Gasteiger partial charge in [0.05, 0.1) is 23.8 Å². The second-order valence-corrected chi connectivity index (χ2v) is 6.32. The van der Waals surface area contributed by atoms with Crippen LogP contribution < -0.4 is 16.0 Å². The number of anilines is 1. The van der Waals surface area contributed by atoms with Gasteiger partial charge in [0.15, 0.2) is 0 Å². The molecule has 0 aliphatic carbocycles. The molecule has 142 valence electrons. The largest absolute Gasteiger partial charge is 0.334 e. The molecule has 0 aliphatic heterocycles. The first-order valence-electron chi connectivity index (χ1n) is 8.28. The molecule has 2 rings (SSSR count). The Bertz CT molecular complexity index is 799. The lowest BCUT2D eigenvalue weighted by atomic mass is 10.2. The molecule has 0 atom stereocenters. The molecule has 3 N–H and O–H groups in total. The number of hydrogen-bond acceptors (Lipinski definition) is 4. The van der Waals surface area contributed by atoms with Gasteiger partial charge < -0.3 is 10.6 Å². The standard InChI is InChI=1S/C19H21ClN4O3/c1-24(12-17(25)22-16-10-6-5-9-15(16)20)13-18(26)23-19(27)21-11-14-7-3-2-4-8-14/h2-10H,11-13H2,1H3,(H,22,25)(H2,21,23,26,27). The van der Waals surface area contributed by atoms with Crippen molar-refractivity contribution in [1.29, 1.82) is 0 Å². The number of para-hydroxylation sites is 1. The van der Waals surface area contributed by atoms with Crippen LogP contribution >= 0.6 is 11.6 Å². The van der Waals surface area contributed by atoms with E-state index in [1.165, 1.54) is 4.90 Å². The summed E-state index contributed by atoms with van der Waals surface area (Å²) in [4.78, 5) is 37.2. The average molecular weight is 389 g/mol. The molecule has 27 heavy (non-hydrogen) atoms. The molecule has 0 radical (unpaired) electrons. The molecule has 0 fully saturated rings. The van der Waals surface area contributed by atoms with E-state index in [2.05, 4.69) is 16.0 Å². The Morgan fingerprint density at radius 1 is 0.926 bits per heavy atom. The molecule has 2 aromatic carbocycles. The number of amides is 4. The number of urea groups is 1. The van der Waals surface area contributed by atoms with Crippen molar-refractivity contribution in [3.8, 4) is 0 Å². The Hall–Kier alpha value is -2.90. The third-order valence-electron chi connectivity index (χ3n) is 3.52. The fraction of sp³-hybridized carbons (Fsp3) is 0.211. The van der Waals surface area contributed by atoms with Gasteiger partial charge in [-0.25, -0.2) is 4.79 Å². The van der Waals surface area contributed by atoms with Gasteiger partial charge in [0.1, 0.15) is 0 Å². The summed E-state index contributed by atoms with van der Waals surface area (Å²) >= 11 is 5.98. The van der Waals surface area contributed by atoms with Gasteiger partial charge in [-0.2, -0.15) is 0 Å². The molecule has 8 heteroatoms. The van der Waals surface area contributed by atoms with E-state index >= 15 is 0 Å². The minimum atomic E-state index is -0.585. The van der Waals surface area contributed by atoms with E-state index < -0.39 is 11.9 Å². The third kappa shape index (κ3) is 7.47. The van der Waals surface area contributed by atoms with Gasteiger partial charge in [-0.05, 0) is 24.7 Å². The van der Waals surface area contributed by atoms with Crippen LogP contribution in [0.25, 0.3) is 0 Å². The molecule has 0 aromatic heterocycles. The van der Waals surface area contributed by atoms with Crippen molar-refractivity contribution < 1.29 is 14.4 Å². The number of benzene rings is 2. The van der Waals surface area contributed by atoms with E-state index in [9.17, 15) is 14.4 Å². The Balaban J connectivity index is 1.70. The lowest BCUT2D eigenvalue weighted by Crippen LogP contribution is -2.44. The van der Waals surface area contributed by atoms with E-state index in [1.807, 2.05) is 30.3 Å². The number of hydrogen-bond donors (Lipinski definition) is 3. The highest BCUT2D eigenvalue weighted by Gasteiger charge is 2.13. The highest BCUT2D eigenvalue weighted by molar-refractivity contribution is 6.33. The second kappa shape index (κ2) is 10.3. The Morgan fingerprint density at radius 2 is 1.56 bits per heavy atom. The molecule has 0 unspecified atom stereocenters. The molecule has 2 aromatic rings. The maximum Gasteiger partial charge on any atom is 0.321 e. The predicted molar refractivity (Wildman–Crippen MR) is 104 cm³/mol. The molecule has 0 heterocycles. The molecule has 7 nitrogen and oxygen atoms in total. The van der Waals surface area contributed by atoms with Crippen molar-refractivity contribution in [3.05, 3.63) is 65.2 Å². The maximum atomic E-state index is 12.0. The highest BCUT2D eigenvalue weighted by atomic mass is 35.5. The normalized spacial score (nSPS) is 10.3. The monoisotopic (exact) mass is 388 g/mol. The quantitative estimate of drug-likeness (QED) is 0.678. The van der Waals surface area contributed by atoms with E-state index in [0.29, 0.717) is 17.3 Å². The van der Waals surface area contributed by atoms with Crippen molar-refractivity contribution in [2.24, 2.45) is 0 Å². The number of likely N-dealkylation sites (N-methyl/N-ethyl adjacent to an activating group) is 1. The highest BCUT2D eigenvalue weighted by Crippen LogP contribution is 2.20. The first kappa shape index (κ1) is 20.4. The fourth-order valence-corrected chi connectivity index (χ4v) is 2.47. The number of nitrogens with zero attached hydrogens (tertiary/aromatic N) is 1. The zero-order chi connectivity index (χ0) is 19.6. The summed E-state index contributed by atoms with van der Waals surface area (Å²) in [5, 5.41) is 7.93. The first-order valence-corrected chi connectivity index (χ1v) is 8.66. The summed E-state index contributed by atoms with van der Waals surface area (Å²) in [6.45, 7) is 0.189. The van der Waals surface area contributed by atoms with Crippen molar-refractivity contribution >= 4 is 35.1 Å². The van der Waals surface area contributed by atoms with E-state index in [0.717, 1.165) is 5.56 Å². The van der Waals surface area contributed by atoms with Crippen LogP contribution in [0, 0.1) is 0 Å². The number of halogens is 1. The van der Waals surface area contributed by atoms with Gasteiger partial charge in [0, 0.05) is 6.54 Å². The van der Waals surface area contributed by atoms with Crippen molar-refractivity contribution in [1.82, 2.24) is 15.5 Å². The molecule has 0 aliphatic rings. The SMILES string of the molecule is CN(CC(=O)NC(=O)NCc1ccccc1)CC(=O)Nc1ccccc1Cl. The van der Waals surface area contributed by atoms with Gasteiger partial charge >= 0.3 is 6.03 Å². The maximum absolute atomic E-state index is 12.0. The Kier molecular flexibility index (Phi) is 7.79. The summed E-state index contributed by atoms with van der Waals surface area (Å²) < 4.78 is 0. The van der Waals surface area contributed by atoms with Crippen LogP contribution in [0.2, 0.25) is 5.02 Å². The summed E-state index contributed by atoms with van der Waals surface area (Å²) in [7, 11) is 1.60. The van der Waals surface area contributed by atoms with Crippen LogP contribution in [0.1, 0.15) is 5.56 Å². The summed E-state index contributed by atoms with van der Waals surface area (Å²) in [5.41, 5.74) is 1.43. The molecule has 0 saturated heterocycles. The van der Waals surface area contributed by atoms with Gasteiger partial charge in [0.2, 0.25) is 11.8 Å². The topological polar surface area (TPSA) is 90.5 Å². The Labute approximate surface area is 162 Å². The van der Waals surface area contributed by atoms with Gasteiger partial charge in [0.25, 0.3) is 0 Å². The average Bonchev–Trinajstić information content (AvgIpc) is 2.62. The zero-order valence-electron chi connectivity index (χ0n) is 14.9. The van der Waals surface area contributed by atoms with Crippen LogP contribution in [-0.2, 0) is 16.1 Å². The summed E-state index contributed by atoms with van der Waals surface area (Å²) in [6, 6.07) is 15.6. The minimum absolute atomic E-state index is 0.0235. The molecule has 0 bridgehead atoms. The summed E-state index contributed by atoms with van der Waals surface area (Å²) in [5.74, 6) is -0.819. The number of nitrogens with one attached hydrogen (secondary N) is 3. The van der Waals surface area contributed by atoms with Gasteiger partial charge in [-0.3, -0.25) is 19.8 Å². The first-order chi connectivity index (χ1) is 12.9. The second-order valence-electron chi connectivity index (χ2n) is 5.92. The molecular weight excluding hydrogens is 368 g/mol. The van der Waals surface area contributed by atoms with Crippen molar-refractivity contribution in [3.63, 3.8) is 0 Å². The van der Waals surface area contributed by atoms with Crippen LogP contribution in [0.3, 0.4) is 0 Å². The summed E-state index contributed by atoms with van der Waals surface area (Å²) in [6.07, 6.45) is 0. The molecule has 4 amide bonds. The van der Waals surface area contributed by atoms with E-state index in [1.54, 1.807) is 31.3 Å². The smallest absolute Gasteiger partial charge is 0.321 e. The number of rotatable bonds is 7. The Morgan fingerprint density at radius 3 is 2.26 bits per heavy atom. The predicted octanol–water partition coefficient (Wildman–Crippen LogP) is 2.24. The van der Waals surface area contributed by atoms with E-state index in [-0.39, 0.29) is 19.0 Å². The lowest BCUT2D eigenvalue weighted by molar-refractivity contribution is -0.122. The van der Waals surface area contributed by atoms with Crippen molar-refractivity contribution in [2.75, 3.05) is 25.5 Å². The zero-order valence-corrected chi connectivity index (χ0v) is 15.6. The van der Waals surface area contributed by atoms with Crippen LogP contribution in [0.15, 0.2) is 54.6 Å².